The van der Waals surface area contributed by atoms with Crippen LogP contribution in [0.4, 0.5) is 5.82 Å². The first kappa shape index (κ1) is 11.3. The van der Waals surface area contributed by atoms with Crippen LogP contribution >= 0.6 is 0 Å². The summed E-state index contributed by atoms with van der Waals surface area (Å²) in [5.41, 5.74) is 1.13. The largest absolute Gasteiger partial charge is 0.370 e. The van der Waals surface area contributed by atoms with Crippen molar-refractivity contribution < 1.29 is 0 Å². The highest BCUT2D eigenvalue weighted by molar-refractivity contribution is 5.34. The minimum absolute atomic E-state index is 0.740. The van der Waals surface area contributed by atoms with Gasteiger partial charge in [-0.1, -0.05) is 13.3 Å². The summed E-state index contributed by atoms with van der Waals surface area (Å²) in [7, 11) is 0. The number of anilines is 1. The molecule has 0 bridgehead atoms. The maximum Gasteiger partial charge on any atom is 0.129 e. The molecule has 2 heterocycles. The van der Waals surface area contributed by atoms with Gasteiger partial charge in [0.2, 0.25) is 0 Å². The number of nitrogens with one attached hydrogen (secondary N) is 2. The summed E-state index contributed by atoms with van der Waals surface area (Å²) in [4.78, 5) is 8.49. The Morgan fingerprint density at radius 1 is 1.50 bits per heavy atom. The van der Waals surface area contributed by atoms with Gasteiger partial charge in [-0.3, -0.25) is 0 Å². The molecule has 88 valence electrons. The Balaban J connectivity index is 1.85. The second-order valence-corrected chi connectivity index (χ2v) is 4.38. The van der Waals surface area contributed by atoms with Crippen LogP contribution < -0.4 is 10.6 Å². The van der Waals surface area contributed by atoms with E-state index in [1.807, 2.05) is 0 Å². The van der Waals surface area contributed by atoms with Crippen LogP contribution in [0.1, 0.15) is 25.5 Å². The summed E-state index contributed by atoms with van der Waals surface area (Å²) in [6, 6.07) is 2.06. The van der Waals surface area contributed by atoms with Gasteiger partial charge in [-0.2, -0.15) is 0 Å². The lowest BCUT2D eigenvalue weighted by Gasteiger charge is -2.10. The quantitative estimate of drug-likeness (QED) is 0.788. The average molecular weight is 220 g/mol. The minimum Gasteiger partial charge on any atom is -0.370 e. The molecule has 0 aliphatic carbocycles. The maximum atomic E-state index is 4.25. The zero-order valence-electron chi connectivity index (χ0n) is 9.87. The fourth-order valence-electron chi connectivity index (χ4n) is 2.02. The summed E-state index contributed by atoms with van der Waals surface area (Å²) in [5, 5.41) is 6.76. The zero-order chi connectivity index (χ0) is 11.2. The Morgan fingerprint density at radius 3 is 3.19 bits per heavy atom. The maximum absolute atomic E-state index is 4.25. The van der Waals surface area contributed by atoms with E-state index in [0.29, 0.717) is 0 Å². The van der Waals surface area contributed by atoms with Crippen molar-refractivity contribution in [2.45, 2.75) is 26.2 Å². The molecule has 1 aliphatic heterocycles. The van der Waals surface area contributed by atoms with Gasteiger partial charge in [0.25, 0.3) is 0 Å². The van der Waals surface area contributed by atoms with E-state index < -0.39 is 0 Å². The number of nitrogens with zero attached hydrogens (tertiary/aromatic N) is 2. The molecule has 0 amide bonds. The fraction of sp³-hybridized carbons (Fsp3) is 0.667. The smallest absolute Gasteiger partial charge is 0.129 e. The number of aromatic nitrogens is 2. The van der Waals surface area contributed by atoms with Gasteiger partial charge in [-0.25, -0.2) is 9.97 Å². The number of aryl methyl sites for hydroxylation is 1. The van der Waals surface area contributed by atoms with Crippen molar-refractivity contribution in [2.75, 3.05) is 25.0 Å². The first-order valence-electron chi connectivity index (χ1n) is 6.14. The van der Waals surface area contributed by atoms with Crippen molar-refractivity contribution in [1.82, 2.24) is 15.3 Å². The number of hydrogen-bond acceptors (Lipinski definition) is 4. The van der Waals surface area contributed by atoms with Gasteiger partial charge >= 0.3 is 0 Å². The first-order valence-corrected chi connectivity index (χ1v) is 6.14. The van der Waals surface area contributed by atoms with Gasteiger partial charge in [0.1, 0.15) is 12.1 Å². The molecule has 2 N–H and O–H groups in total. The Morgan fingerprint density at radius 2 is 2.44 bits per heavy atom. The van der Waals surface area contributed by atoms with E-state index >= 15 is 0 Å². The van der Waals surface area contributed by atoms with Crippen LogP contribution in [-0.2, 0) is 6.42 Å². The molecule has 16 heavy (non-hydrogen) atoms. The number of hydrogen-bond donors (Lipinski definition) is 2. The van der Waals surface area contributed by atoms with Crippen LogP contribution in [0.2, 0.25) is 0 Å². The van der Waals surface area contributed by atoms with Gasteiger partial charge in [-0.05, 0) is 31.8 Å². The SMILES string of the molecule is CCCc1cc(NCC2CCNC2)ncn1. The summed E-state index contributed by atoms with van der Waals surface area (Å²) < 4.78 is 0. The number of rotatable bonds is 5. The third-order valence-electron chi connectivity index (χ3n) is 2.96. The molecule has 1 aromatic rings. The van der Waals surface area contributed by atoms with E-state index in [-0.39, 0.29) is 0 Å². The highest BCUT2D eigenvalue weighted by Gasteiger charge is 2.13. The van der Waals surface area contributed by atoms with Crippen LogP contribution in [0.5, 0.6) is 0 Å². The highest BCUT2D eigenvalue weighted by atomic mass is 15.0. The molecule has 4 heteroatoms. The molecule has 2 rings (SSSR count). The Bertz CT molecular complexity index is 321. The summed E-state index contributed by atoms with van der Waals surface area (Å²) in [6.07, 6.45) is 5.07. The van der Waals surface area contributed by atoms with Crippen molar-refractivity contribution in [3.8, 4) is 0 Å². The van der Waals surface area contributed by atoms with Gasteiger partial charge in [0.15, 0.2) is 0 Å². The molecular formula is C12H20N4. The topological polar surface area (TPSA) is 49.8 Å². The van der Waals surface area contributed by atoms with Crippen LogP contribution in [0.15, 0.2) is 12.4 Å². The molecule has 1 fully saturated rings. The molecule has 1 atom stereocenters. The summed E-state index contributed by atoms with van der Waals surface area (Å²) in [5.74, 6) is 1.70. The van der Waals surface area contributed by atoms with Crippen LogP contribution in [0.3, 0.4) is 0 Å². The second-order valence-electron chi connectivity index (χ2n) is 4.38. The lowest BCUT2D eigenvalue weighted by atomic mass is 10.1. The van der Waals surface area contributed by atoms with Crippen LogP contribution in [0, 0.1) is 5.92 Å². The van der Waals surface area contributed by atoms with Crippen LogP contribution in [-0.4, -0.2) is 29.6 Å². The van der Waals surface area contributed by atoms with E-state index in [2.05, 4.69) is 33.6 Å². The van der Waals surface area contributed by atoms with Gasteiger partial charge < -0.3 is 10.6 Å². The van der Waals surface area contributed by atoms with Crippen molar-refractivity contribution in [1.29, 1.82) is 0 Å². The Kier molecular flexibility index (Phi) is 4.10. The third kappa shape index (κ3) is 3.17. The molecule has 0 aromatic carbocycles. The molecule has 1 unspecified atom stereocenters. The average Bonchev–Trinajstić information content (AvgIpc) is 2.80. The van der Waals surface area contributed by atoms with E-state index in [4.69, 9.17) is 0 Å². The molecule has 1 saturated heterocycles. The highest BCUT2D eigenvalue weighted by Crippen LogP contribution is 2.10. The summed E-state index contributed by atoms with van der Waals surface area (Å²) in [6.45, 7) is 5.45. The predicted octanol–water partition coefficient (Wildman–Crippen LogP) is 1.45. The van der Waals surface area contributed by atoms with E-state index in [1.165, 1.54) is 6.42 Å². The minimum atomic E-state index is 0.740. The standard InChI is InChI=1S/C12H20N4/c1-2-3-11-6-12(16-9-15-11)14-8-10-4-5-13-7-10/h6,9-10,13H,2-5,7-8H2,1H3,(H,14,15,16). The van der Waals surface area contributed by atoms with Crippen molar-refractivity contribution in [3.05, 3.63) is 18.1 Å². The van der Waals surface area contributed by atoms with Gasteiger partial charge in [0, 0.05) is 18.3 Å². The molecule has 0 saturated carbocycles. The molecule has 0 spiro atoms. The van der Waals surface area contributed by atoms with Crippen molar-refractivity contribution in [2.24, 2.45) is 5.92 Å². The van der Waals surface area contributed by atoms with E-state index in [0.717, 1.165) is 49.9 Å². The molecule has 1 aromatic heterocycles. The Labute approximate surface area is 96.9 Å². The molecule has 4 nitrogen and oxygen atoms in total. The lowest BCUT2D eigenvalue weighted by molar-refractivity contribution is 0.614. The van der Waals surface area contributed by atoms with Crippen LogP contribution in [0.25, 0.3) is 0 Å². The monoisotopic (exact) mass is 220 g/mol. The predicted molar refractivity (Wildman–Crippen MR) is 65.5 cm³/mol. The summed E-state index contributed by atoms with van der Waals surface area (Å²) >= 11 is 0. The lowest BCUT2D eigenvalue weighted by Crippen LogP contribution is -2.17. The molecular weight excluding hydrogens is 200 g/mol. The van der Waals surface area contributed by atoms with Crippen molar-refractivity contribution >= 4 is 5.82 Å². The third-order valence-corrected chi connectivity index (χ3v) is 2.96. The van der Waals surface area contributed by atoms with Gasteiger partial charge in [0.05, 0.1) is 0 Å². The Hall–Kier alpha value is -1.16. The molecule has 0 radical (unpaired) electrons. The van der Waals surface area contributed by atoms with E-state index in [1.54, 1.807) is 6.33 Å². The zero-order valence-corrected chi connectivity index (χ0v) is 9.87. The van der Waals surface area contributed by atoms with Gasteiger partial charge in [-0.15, -0.1) is 0 Å². The van der Waals surface area contributed by atoms with E-state index in [9.17, 15) is 0 Å². The first-order chi connectivity index (χ1) is 7.88. The second kappa shape index (κ2) is 5.80. The fourth-order valence-corrected chi connectivity index (χ4v) is 2.02. The van der Waals surface area contributed by atoms with Crippen molar-refractivity contribution in [3.63, 3.8) is 0 Å². The molecule has 1 aliphatic rings. The normalized spacial score (nSPS) is 19.9.